The van der Waals surface area contributed by atoms with Crippen LogP contribution in [0.25, 0.3) is 0 Å². The molecule has 1 amide bonds. The Morgan fingerprint density at radius 1 is 1.39 bits per heavy atom. The van der Waals surface area contributed by atoms with E-state index in [4.69, 9.17) is 0 Å². The number of nitrogens with zero attached hydrogens (tertiary/aromatic N) is 2. The third-order valence-electron chi connectivity index (χ3n) is 3.93. The Kier molecular flexibility index (Phi) is 5.26. The molecule has 0 aliphatic heterocycles. The van der Waals surface area contributed by atoms with Gasteiger partial charge in [0.25, 0.3) is 0 Å². The number of carbonyl (C=O) groups is 1. The lowest BCUT2D eigenvalue weighted by molar-refractivity contribution is -0.115. The number of amides is 1. The lowest BCUT2D eigenvalue weighted by atomic mass is 9.86. The molecular weight excluding hydrogens is 308 g/mol. The molecule has 5 nitrogen and oxygen atoms in total. The third-order valence-corrected chi connectivity index (χ3v) is 4.87. The highest BCUT2D eigenvalue weighted by Gasteiger charge is 2.27. The number of hydrogen-bond donors (Lipinski definition) is 2. The van der Waals surface area contributed by atoms with Crippen LogP contribution in [0.3, 0.4) is 0 Å². The molecule has 0 aromatic carbocycles. The molecule has 0 spiro atoms. The molecule has 2 heterocycles. The maximum atomic E-state index is 12.3. The highest BCUT2D eigenvalue weighted by Crippen LogP contribution is 2.34. The summed E-state index contributed by atoms with van der Waals surface area (Å²) in [5, 5.41) is 12.8. The van der Waals surface area contributed by atoms with Gasteiger partial charge in [0, 0.05) is 18.0 Å². The number of aryl methyl sites for hydroxylation is 2. The van der Waals surface area contributed by atoms with E-state index < -0.39 is 0 Å². The number of aromatic nitrogens is 2. The summed E-state index contributed by atoms with van der Waals surface area (Å²) < 4.78 is 1.78. The number of carbonyl (C=O) groups excluding carboxylic acids is 1. The highest BCUT2D eigenvalue weighted by molar-refractivity contribution is 7.10. The minimum atomic E-state index is -0.0463. The summed E-state index contributed by atoms with van der Waals surface area (Å²) >= 11 is 1.71. The van der Waals surface area contributed by atoms with E-state index in [0.717, 1.165) is 17.1 Å². The maximum absolute atomic E-state index is 12.3. The smallest absolute Gasteiger partial charge is 0.238 e. The lowest BCUT2D eigenvalue weighted by Gasteiger charge is -2.30. The molecule has 2 rings (SSSR count). The van der Waals surface area contributed by atoms with Gasteiger partial charge in [-0.1, -0.05) is 26.8 Å². The van der Waals surface area contributed by atoms with Crippen LogP contribution in [-0.4, -0.2) is 22.2 Å². The van der Waals surface area contributed by atoms with E-state index >= 15 is 0 Å². The van der Waals surface area contributed by atoms with Crippen LogP contribution in [0.2, 0.25) is 0 Å². The van der Waals surface area contributed by atoms with Crippen LogP contribution < -0.4 is 10.6 Å². The average molecular weight is 334 g/mol. The first kappa shape index (κ1) is 17.7. The molecular formula is C17H26N4OS. The first-order valence-electron chi connectivity index (χ1n) is 7.77. The van der Waals surface area contributed by atoms with Gasteiger partial charge in [-0.2, -0.15) is 5.10 Å². The first-order chi connectivity index (χ1) is 10.7. The van der Waals surface area contributed by atoms with Crippen LogP contribution >= 0.6 is 11.3 Å². The van der Waals surface area contributed by atoms with Gasteiger partial charge in [-0.25, -0.2) is 0 Å². The molecule has 2 aromatic heterocycles. The van der Waals surface area contributed by atoms with Crippen molar-refractivity contribution in [3.8, 4) is 0 Å². The van der Waals surface area contributed by atoms with Crippen LogP contribution in [0.15, 0.2) is 17.5 Å². The predicted molar refractivity (Wildman–Crippen MR) is 95.8 cm³/mol. The second-order valence-electron chi connectivity index (χ2n) is 6.91. The van der Waals surface area contributed by atoms with Crippen LogP contribution in [0.4, 0.5) is 5.69 Å². The van der Waals surface area contributed by atoms with Crippen molar-refractivity contribution in [3.63, 3.8) is 0 Å². The van der Waals surface area contributed by atoms with Gasteiger partial charge >= 0.3 is 0 Å². The highest BCUT2D eigenvalue weighted by atomic mass is 32.1. The van der Waals surface area contributed by atoms with Crippen LogP contribution in [0.1, 0.15) is 43.1 Å². The van der Waals surface area contributed by atoms with Gasteiger partial charge < -0.3 is 10.6 Å². The van der Waals surface area contributed by atoms with Crippen molar-refractivity contribution in [1.29, 1.82) is 0 Å². The maximum Gasteiger partial charge on any atom is 0.238 e. The quantitative estimate of drug-likeness (QED) is 0.881. The van der Waals surface area contributed by atoms with E-state index in [1.165, 1.54) is 4.88 Å². The summed E-state index contributed by atoms with van der Waals surface area (Å²) in [7, 11) is 1.88. The topological polar surface area (TPSA) is 59.0 Å². The van der Waals surface area contributed by atoms with E-state index in [0.29, 0.717) is 0 Å². The summed E-state index contributed by atoms with van der Waals surface area (Å²) in [6.45, 7) is 10.7. The molecule has 6 heteroatoms. The van der Waals surface area contributed by atoms with E-state index in [9.17, 15) is 4.79 Å². The van der Waals surface area contributed by atoms with Gasteiger partial charge in [0.05, 0.1) is 23.6 Å². The monoisotopic (exact) mass is 334 g/mol. The van der Waals surface area contributed by atoms with Crippen molar-refractivity contribution in [1.82, 2.24) is 15.1 Å². The van der Waals surface area contributed by atoms with E-state index in [-0.39, 0.29) is 23.9 Å². The van der Waals surface area contributed by atoms with Crippen molar-refractivity contribution < 1.29 is 4.79 Å². The Morgan fingerprint density at radius 2 is 2.09 bits per heavy atom. The third kappa shape index (κ3) is 4.20. The number of nitrogens with one attached hydrogen (secondary N) is 2. The molecule has 2 N–H and O–H groups in total. The van der Waals surface area contributed by atoms with Crippen molar-refractivity contribution in [2.75, 3.05) is 11.9 Å². The predicted octanol–water partition coefficient (Wildman–Crippen LogP) is 3.41. The summed E-state index contributed by atoms with van der Waals surface area (Å²) in [5.74, 6) is -0.0463. The molecule has 1 atom stereocenters. The zero-order valence-corrected chi connectivity index (χ0v) is 15.5. The molecule has 23 heavy (non-hydrogen) atoms. The molecule has 0 radical (unpaired) electrons. The zero-order chi connectivity index (χ0) is 17.2. The Labute approximate surface area is 142 Å². The normalized spacial score (nSPS) is 13.1. The van der Waals surface area contributed by atoms with Crippen molar-refractivity contribution >= 4 is 22.9 Å². The van der Waals surface area contributed by atoms with E-state index in [2.05, 4.69) is 47.9 Å². The fourth-order valence-corrected chi connectivity index (χ4v) is 3.67. The summed E-state index contributed by atoms with van der Waals surface area (Å²) in [4.78, 5) is 13.6. The fraction of sp³-hybridized carbons (Fsp3) is 0.529. The minimum absolute atomic E-state index is 0.0330. The molecule has 0 aliphatic rings. The van der Waals surface area contributed by atoms with Gasteiger partial charge in [-0.05, 0) is 30.7 Å². The second kappa shape index (κ2) is 6.84. The molecule has 0 fully saturated rings. The molecule has 2 aromatic rings. The molecule has 0 aliphatic carbocycles. The van der Waals surface area contributed by atoms with E-state index in [1.54, 1.807) is 16.0 Å². The van der Waals surface area contributed by atoms with Crippen molar-refractivity contribution in [2.45, 2.75) is 40.7 Å². The SMILES string of the molecule is Cc1nn(C)c(C)c1NC(=O)CNC(c1cccs1)C(C)(C)C. The van der Waals surface area contributed by atoms with Gasteiger partial charge in [0.1, 0.15) is 0 Å². The molecule has 0 bridgehead atoms. The minimum Gasteiger partial charge on any atom is -0.322 e. The van der Waals surface area contributed by atoms with Crippen molar-refractivity contribution in [3.05, 3.63) is 33.8 Å². The van der Waals surface area contributed by atoms with Gasteiger partial charge in [-0.3, -0.25) is 9.48 Å². The van der Waals surface area contributed by atoms with Crippen LogP contribution in [0, 0.1) is 19.3 Å². The Bertz CT molecular complexity index is 668. The Balaban J connectivity index is 2.02. The summed E-state index contributed by atoms with van der Waals surface area (Å²) in [5.41, 5.74) is 2.64. The molecule has 0 saturated heterocycles. The molecule has 0 saturated carbocycles. The zero-order valence-electron chi connectivity index (χ0n) is 14.7. The standard InChI is InChI=1S/C17H26N4OS/c1-11-15(12(2)21(6)20-11)19-14(22)10-18-16(17(3,4)5)13-8-7-9-23-13/h7-9,16,18H,10H2,1-6H3,(H,19,22). The number of hydrogen-bond acceptors (Lipinski definition) is 4. The molecule has 126 valence electrons. The average Bonchev–Trinajstić information content (AvgIpc) is 3.03. The van der Waals surface area contributed by atoms with Crippen LogP contribution in [0.5, 0.6) is 0 Å². The number of rotatable bonds is 5. The van der Waals surface area contributed by atoms with Gasteiger partial charge in [0.15, 0.2) is 0 Å². The van der Waals surface area contributed by atoms with Crippen LogP contribution in [-0.2, 0) is 11.8 Å². The Hall–Kier alpha value is -1.66. The number of thiophene rings is 1. The van der Waals surface area contributed by atoms with Gasteiger partial charge in [0.2, 0.25) is 5.91 Å². The first-order valence-corrected chi connectivity index (χ1v) is 8.65. The molecule has 1 unspecified atom stereocenters. The van der Waals surface area contributed by atoms with E-state index in [1.807, 2.05) is 27.0 Å². The lowest BCUT2D eigenvalue weighted by Crippen LogP contribution is -2.37. The largest absolute Gasteiger partial charge is 0.322 e. The van der Waals surface area contributed by atoms with Gasteiger partial charge in [-0.15, -0.1) is 11.3 Å². The summed E-state index contributed by atoms with van der Waals surface area (Å²) in [6, 6.07) is 4.30. The fourth-order valence-electron chi connectivity index (χ4n) is 2.62. The Morgan fingerprint density at radius 3 is 2.57 bits per heavy atom. The second-order valence-corrected chi connectivity index (χ2v) is 7.89. The number of anilines is 1. The summed E-state index contributed by atoms with van der Waals surface area (Å²) in [6.07, 6.45) is 0. The van der Waals surface area contributed by atoms with Crippen molar-refractivity contribution in [2.24, 2.45) is 12.5 Å².